The first-order valence-electron chi connectivity index (χ1n) is 8.65. The molecular weight excluding hydrogens is 364 g/mol. The van der Waals surface area contributed by atoms with Crippen LogP contribution in [-0.2, 0) is 6.42 Å². The Kier molecular flexibility index (Phi) is 6.16. The summed E-state index contributed by atoms with van der Waals surface area (Å²) in [6, 6.07) is 14.0. The average molecular weight is 383 g/mol. The van der Waals surface area contributed by atoms with Crippen molar-refractivity contribution in [2.45, 2.75) is 6.42 Å². The molecule has 0 bridgehead atoms. The molecule has 1 heterocycles. The molecule has 0 aliphatic rings. The fourth-order valence-corrected chi connectivity index (χ4v) is 2.69. The van der Waals surface area contributed by atoms with E-state index in [1.165, 1.54) is 6.20 Å². The van der Waals surface area contributed by atoms with Crippen molar-refractivity contribution in [2.24, 2.45) is 0 Å². The van der Waals surface area contributed by atoms with Crippen molar-refractivity contribution in [1.29, 1.82) is 0 Å². The van der Waals surface area contributed by atoms with E-state index in [2.05, 4.69) is 15.6 Å². The minimum absolute atomic E-state index is 0.109. The van der Waals surface area contributed by atoms with Crippen molar-refractivity contribution in [3.8, 4) is 5.75 Å². The van der Waals surface area contributed by atoms with Gasteiger partial charge in [0.15, 0.2) is 0 Å². The minimum Gasteiger partial charge on any atom is -0.496 e. The summed E-state index contributed by atoms with van der Waals surface area (Å²) < 4.78 is 32.0. The molecule has 28 heavy (non-hydrogen) atoms. The highest BCUT2D eigenvalue weighted by molar-refractivity contribution is 6.03. The van der Waals surface area contributed by atoms with E-state index in [9.17, 15) is 13.6 Å². The van der Waals surface area contributed by atoms with Crippen molar-refractivity contribution >= 4 is 17.3 Å². The van der Waals surface area contributed by atoms with Gasteiger partial charge in [0.25, 0.3) is 5.91 Å². The zero-order valence-corrected chi connectivity index (χ0v) is 15.2. The van der Waals surface area contributed by atoms with Crippen molar-refractivity contribution in [2.75, 3.05) is 24.3 Å². The summed E-state index contributed by atoms with van der Waals surface area (Å²) in [6.07, 6.45) is 2.22. The maximum atomic E-state index is 13.7. The van der Waals surface area contributed by atoms with Gasteiger partial charge in [-0.25, -0.2) is 8.78 Å². The van der Waals surface area contributed by atoms with Crippen LogP contribution in [0.4, 0.5) is 20.2 Å². The third kappa shape index (κ3) is 4.82. The number of hydrogen-bond donors (Lipinski definition) is 2. The number of para-hydroxylation sites is 1. The van der Waals surface area contributed by atoms with E-state index in [1.807, 2.05) is 24.3 Å². The van der Waals surface area contributed by atoms with Gasteiger partial charge >= 0.3 is 0 Å². The lowest BCUT2D eigenvalue weighted by Gasteiger charge is -2.11. The molecule has 0 spiro atoms. The molecule has 3 aromatic rings. The van der Waals surface area contributed by atoms with Gasteiger partial charge in [0.05, 0.1) is 12.8 Å². The second-order valence-corrected chi connectivity index (χ2v) is 6.00. The number of nitrogens with zero attached hydrogens (tertiary/aromatic N) is 1. The molecule has 0 radical (unpaired) electrons. The van der Waals surface area contributed by atoms with Crippen LogP contribution in [0.25, 0.3) is 0 Å². The SMILES string of the molecule is COc1ccccc1CCNc1ccnc(C(=O)Nc2ccc(F)cc2F)c1. The number of ether oxygens (including phenoxy) is 1. The van der Waals surface area contributed by atoms with Gasteiger partial charge in [0.2, 0.25) is 0 Å². The van der Waals surface area contributed by atoms with E-state index < -0.39 is 17.5 Å². The number of pyridine rings is 1. The predicted molar refractivity (Wildman–Crippen MR) is 104 cm³/mol. The number of halogens is 2. The van der Waals surface area contributed by atoms with Gasteiger partial charge in [-0.05, 0) is 42.3 Å². The fraction of sp³-hybridized carbons (Fsp3) is 0.143. The Morgan fingerprint density at radius 1 is 1.11 bits per heavy atom. The number of benzene rings is 2. The Hall–Kier alpha value is -3.48. The molecule has 144 valence electrons. The lowest BCUT2D eigenvalue weighted by molar-refractivity contribution is 0.102. The zero-order valence-electron chi connectivity index (χ0n) is 15.2. The van der Waals surface area contributed by atoms with E-state index in [0.717, 1.165) is 29.9 Å². The number of nitrogens with one attached hydrogen (secondary N) is 2. The molecular formula is C21H19F2N3O2. The molecule has 0 saturated carbocycles. The van der Waals surface area contributed by atoms with E-state index in [-0.39, 0.29) is 11.4 Å². The summed E-state index contributed by atoms with van der Waals surface area (Å²) in [5, 5.41) is 5.61. The van der Waals surface area contributed by atoms with Crippen molar-refractivity contribution in [3.05, 3.63) is 83.7 Å². The van der Waals surface area contributed by atoms with Gasteiger partial charge < -0.3 is 15.4 Å². The average Bonchev–Trinajstić information content (AvgIpc) is 2.70. The Morgan fingerprint density at radius 2 is 1.93 bits per heavy atom. The van der Waals surface area contributed by atoms with Crippen LogP contribution in [0, 0.1) is 11.6 Å². The maximum absolute atomic E-state index is 13.7. The summed E-state index contributed by atoms with van der Waals surface area (Å²) in [6.45, 7) is 0.623. The molecule has 7 heteroatoms. The van der Waals surface area contributed by atoms with Gasteiger partial charge in [-0.3, -0.25) is 9.78 Å². The lowest BCUT2D eigenvalue weighted by atomic mass is 10.1. The van der Waals surface area contributed by atoms with Gasteiger partial charge in [-0.2, -0.15) is 0 Å². The highest BCUT2D eigenvalue weighted by Gasteiger charge is 2.12. The fourth-order valence-electron chi connectivity index (χ4n) is 2.69. The number of carbonyl (C=O) groups excluding carboxylic acids is 1. The predicted octanol–water partition coefficient (Wildman–Crippen LogP) is 4.28. The van der Waals surface area contributed by atoms with Crippen LogP contribution >= 0.6 is 0 Å². The number of methoxy groups -OCH3 is 1. The summed E-state index contributed by atoms with van der Waals surface area (Å²) >= 11 is 0. The molecule has 1 amide bonds. The highest BCUT2D eigenvalue weighted by Crippen LogP contribution is 2.19. The van der Waals surface area contributed by atoms with Crippen molar-refractivity contribution in [3.63, 3.8) is 0 Å². The van der Waals surface area contributed by atoms with Gasteiger partial charge in [0.1, 0.15) is 23.1 Å². The lowest BCUT2D eigenvalue weighted by Crippen LogP contribution is -2.15. The molecule has 5 nitrogen and oxygen atoms in total. The number of rotatable bonds is 7. The molecule has 0 saturated heterocycles. The number of amides is 1. The van der Waals surface area contributed by atoms with Crippen LogP contribution in [0.3, 0.4) is 0 Å². The molecule has 0 fully saturated rings. The number of hydrogen-bond acceptors (Lipinski definition) is 4. The molecule has 1 aromatic heterocycles. The molecule has 0 aliphatic heterocycles. The number of anilines is 2. The normalized spacial score (nSPS) is 10.4. The van der Waals surface area contributed by atoms with Crippen molar-refractivity contribution < 1.29 is 18.3 Å². The second kappa shape index (κ2) is 8.94. The van der Waals surface area contributed by atoms with Crippen LogP contribution in [0.15, 0.2) is 60.8 Å². The highest BCUT2D eigenvalue weighted by atomic mass is 19.1. The quantitative estimate of drug-likeness (QED) is 0.639. The van der Waals surface area contributed by atoms with Crippen molar-refractivity contribution in [1.82, 2.24) is 4.98 Å². The molecule has 2 aromatic carbocycles. The summed E-state index contributed by atoms with van der Waals surface area (Å²) in [5.41, 5.74) is 1.78. The van der Waals surface area contributed by atoms with E-state index in [4.69, 9.17) is 4.74 Å². The molecule has 0 atom stereocenters. The smallest absolute Gasteiger partial charge is 0.274 e. The number of aromatic nitrogens is 1. The first kappa shape index (κ1) is 19.3. The molecule has 3 rings (SSSR count). The Labute approximate surface area is 161 Å². The maximum Gasteiger partial charge on any atom is 0.274 e. The van der Waals surface area contributed by atoms with Crippen LogP contribution < -0.4 is 15.4 Å². The Balaban J connectivity index is 1.62. The Morgan fingerprint density at radius 3 is 2.71 bits per heavy atom. The van der Waals surface area contributed by atoms with E-state index >= 15 is 0 Å². The molecule has 2 N–H and O–H groups in total. The van der Waals surface area contributed by atoms with Crippen LogP contribution in [0.2, 0.25) is 0 Å². The van der Waals surface area contributed by atoms with Gasteiger partial charge in [-0.1, -0.05) is 18.2 Å². The van der Waals surface area contributed by atoms with E-state index in [1.54, 1.807) is 19.2 Å². The molecule has 0 aliphatic carbocycles. The minimum atomic E-state index is -0.848. The standard InChI is InChI=1S/C21H19F2N3O2/c1-28-20-5-3-2-4-14(20)8-10-24-16-9-11-25-19(13-16)21(27)26-18-7-6-15(22)12-17(18)23/h2-7,9,11-13H,8,10H2,1H3,(H,24,25)(H,26,27). The summed E-state index contributed by atoms with van der Waals surface area (Å²) in [4.78, 5) is 16.3. The third-order valence-electron chi connectivity index (χ3n) is 4.09. The monoisotopic (exact) mass is 383 g/mol. The Bertz CT molecular complexity index is 979. The summed E-state index contributed by atoms with van der Waals surface area (Å²) in [7, 11) is 1.63. The topological polar surface area (TPSA) is 63.2 Å². The van der Waals surface area contributed by atoms with Gasteiger partial charge in [-0.15, -0.1) is 0 Å². The van der Waals surface area contributed by atoms with Crippen LogP contribution in [0.5, 0.6) is 5.75 Å². The van der Waals surface area contributed by atoms with Crippen LogP contribution in [0.1, 0.15) is 16.1 Å². The largest absolute Gasteiger partial charge is 0.496 e. The van der Waals surface area contributed by atoms with E-state index in [0.29, 0.717) is 18.3 Å². The zero-order chi connectivity index (χ0) is 19.9. The summed E-state index contributed by atoms with van der Waals surface area (Å²) in [5.74, 6) is -1.33. The third-order valence-corrected chi connectivity index (χ3v) is 4.09. The number of carbonyl (C=O) groups is 1. The first-order chi connectivity index (χ1) is 13.6. The first-order valence-corrected chi connectivity index (χ1v) is 8.65. The van der Waals surface area contributed by atoms with Gasteiger partial charge in [0, 0.05) is 24.5 Å². The second-order valence-electron chi connectivity index (χ2n) is 6.00. The van der Waals surface area contributed by atoms with Crippen LogP contribution in [-0.4, -0.2) is 24.5 Å². The molecule has 0 unspecified atom stereocenters.